The highest BCUT2D eigenvalue weighted by atomic mass is 16.5. The highest BCUT2D eigenvalue weighted by Gasteiger charge is 2.14. The van der Waals surface area contributed by atoms with Gasteiger partial charge < -0.3 is 15.2 Å². The first-order valence-electron chi connectivity index (χ1n) is 4.81. The molecule has 0 bridgehead atoms. The van der Waals surface area contributed by atoms with Gasteiger partial charge in [-0.2, -0.15) is 4.98 Å². The molecule has 1 atom stereocenters. The second-order valence-electron chi connectivity index (χ2n) is 3.34. The summed E-state index contributed by atoms with van der Waals surface area (Å²) < 4.78 is 9.75. The minimum atomic E-state index is -0.805. The van der Waals surface area contributed by atoms with Gasteiger partial charge in [-0.3, -0.25) is 4.79 Å². The number of aromatic nitrogens is 2. The number of nitrogens with two attached hydrogens (primary N) is 1. The first kappa shape index (κ1) is 12.4. The lowest BCUT2D eigenvalue weighted by Gasteiger charge is -2.10. The Morgan fingerprint density at radius 2 is 2.19 bits per heavy atom. The molecule has 0 aliphatic carbocycles. The van der Waals surface area contributed by atoms with E-state index in [1.165, 1.54) is 7.11 Å². The molecule has 1 unspecified atom stereocenters. The maximum absolute atomic E-state index is 11.0. The molecule has 1 rings (SSSR count). The van der Waals surface area contributed by atoms with Crippen molar-refractivity contribution in [1.82, 2.24) is 9.97 Å². The highest BCUT2D eigenvalue weighted by Crippen LogP contribution is 2.08. The molecule has 16 heavy (non-hydrogen) atoms. The number of carbonyl (C=O) groups excluding carboxylic acids is 1. The molecule has 0 spiro atoms. The summed E-state index contributed by atoms with van der Waals surface area (Å²) in [6, 6.07) is 0.873. The fourth-order valence-corrected chi connectivity index (χ4v) is 1.15. The zero-order chi connectivity index (χ0) is 12.1. The van der Waals surface area contributed by atoms with Gasteiger partial charge in [0, 0.05) is 11.8 Å². The molecule has 0 saturated heterocycles. The van der Waals surface area contributed by atoms with Gasteiger partial charge >= 0.3 is 5.97 Å². The maximum Gasteiger partial charge on any atom is 0.326 e. The number of hydrogen-bond donors (Lipinski definition) is 1. The highest BCUT2D eigenvalue weighted by molar-refractivity contribution is 5.75. The SMILES string of the molecule is COC(=O)C(N)COc1cc(C)nc(C)n1. The number of aryl methyl sites for hydroxylation is 2. The van der Waals surface area contributed by atoms with Crippen LogP contribution in [0.25, 0.3) is 0 Å². The zero-order valence-corrected chi connectivity index (χ0v) is 9.56. The molecule has 88 valence electrons. The van der Waals surface area contributed by atoms with Crippen LogP contribution < -0.4 is 10.5 Å². The van der Waals surface area contributed by atoms with Gasteiger partial charge in [0.25, 0.3) is 0 Å². The van der Waals surface area contributed by atoms with Crippen LogP contribution in [0, 0.1) is 13.8 Å². The van der Waals surface area contributed by atoms with Crippen molar-refractivity contribution in [3.63, 3.8) is 0 Å². The molecule has 0 aliphatic heterocycles. The van der Waals surface area contributed by atoms with Crippen LogP contribution in [0.15, 0.2) is 6.07 Å². The number of hydrogen-bond acceptors (Lipinski definition) is 6. The molecule has 1 aromatic heterocycles. The van der Waals surface area contributed by atoms with Crippen molar-refractivity contribution in [3.05, 3.63) is 17.6 Å². The van der Waals surface area contributed by atoms with E-state index in [9.17, 15) is 4.79 Å². The van der Waals surface area contributed by atoms with Crippen molar-refractivity contribution in [2.75, 3.05) is 13.7 Å². The maximum atomic E-state index is 11.0. The third kappa shape index (κ3) is 3.47. The molecule has 0 amide bonds. The van der Waals surface area contributed by atoms with E-state index in [4.69, 9.17) is 10.5 Å². The van der Waals surface area contributed by atoms with Gasteiger partial charge in [-0.25, -0.2) is 4.98 Å². The third-order valence-electron chi connectivity index (χ3n) is 1.86. The quantitative estimate of drug-likeness (QED) is 0.724. The Balaban J connectivity index is 2.57. The summed E-state index contributed by atoms with van der Waals surface area (Å²) >= 11 is 0. The number of nitrogens with zero attached hydrogens (tertiary/aromatic N) is 2. The molecular formula is C10H15N3O3. The molecule has 1 heterocycles. The second kappa shape index (κ2) is 5.41. The monoisotopic (exact) mass is 225 g/mol. The van der Waals surface area contributed by atoms with Crippen LogP contribution in [0.1, 0.15) is 11.5 Å². The molecule has 1 aromatic rings. The molecule has 2 N–H and O–H groups in total. The van der Waals surface area contributed by atoms with Crippen LogP contribution in [-0.4, -0.2) is 35.7 Å². The van der Waals surface area contributed by atoms with Crippen LogP contribution in [0.4, 0.5) is 0 Å². The summed E-state index contributed by atoms with van der Waals surface area (Å²) in [6.07, 6.45) is 0. The molecule has 0 radical (unpaired) electrons. The van der Waals surface area contributed by atoms with Crippen molar-refractivity contribution < 1.29 is 14.3 Å². The van der Waals surface area contributed by atoms with Crippen LogP contribution in [0.2, 0.25) is 0 Å². The molecule has 0 saturated carbocycles. The predicted molar refractivity (Wildman–Crippen MR) is 57.0 cm³/mol. The van der Waals surface area contributed by atoms with E-state index in [-0.39, 0.29) is 6.61 Å². The smallest absolute Gasteiger partial charge is 0.326 e. The fraction of sp³-hybridized carbons (Fsp3) is 0.500. The van der Waals surface area contributed by atoms with Crippen LogP contribution in [0.3, 0.4) is 0 Å². The number of esters is 1. The Morgan fingerprint density at radius 3 is 2.75 bits per heavy atom. The summed E-state index contributed by atoms with van der Waals surface area (Å²) in [6.45, 7) is 3.63. The Morgan fingerprint density at radius 1 is 1.50 bits per heavy atom. The second-order valence-corrected chi connectivity index (χ2v) is 3.34. The minimum Gasteiger partial charge on any atom is -0.475 e. The van der Waals surface area contributed by atoms with Crippen molar-refractivity contribution in [2.24, 2.45) is 5.73 Å². The zero-order valence-electron chi connectivity index (χ0n) is 9.56. The van der Waals surface area contributed by atoms with Crippen molar-refractivity contribution in [1.29, 1.82) is 0 Å². The predicted octanol–water partition coefficient (Wildman–Crippen LogP) is -0.0275. The Labute approximate surface area is 93.8 Å². The molecule has 6 nitrogen and oxygen atoms in total. The molecule has 0 aromatic carbocycles. The van der Waals surface area contributed by atoms with Gasteiger partial charge in [0.2, 0.25) is 5.88 Å². The van der Waals surface area contributed by atoms with Crippen molar-refractivity contribution >= 4 is 5.97 Å². The molecule has 0 aliphatic rings. The minimum absolute atomic E-state index is 0.0303. The van der Waals surface area contributed by atoms with Crippen LogP contribution in [-0.2, 0) is 9.53 Å². The van der Waals surface area contributed by atoms with E-state index in [2.05, 4.69) is 14.7 Å². The van der Waals surface area contributed by atoms with Gasteiger partial charge in [-0.05, 0) is 13.8 Å². The van der Waals surface area contributed by atoms with Gasteiger partial charge in [-0.1, -0.05) is 0 Å². The number of ether oxygens (including phenoxy) is 2. The number of carbonyl (C=O) groups is 1. The first-order valence-corrected chi connectivity index (χ1v) is 4.81. The number of rotatable bonds is 4. The average molecular weight is 225 g/mol. The Hall–Kier alpha value is -1.69. The van der Waals surface area contributed by atoms with Crippen molar-refractivity contribution in [3.8, 4) is 5.88 Å². The number of methoxy groups -OCH3 is 1. The average Bonchev–Trinajstić information content (AvgIpc) is 2.23. The van der Waals surface area contributed by atoms with E-state index < -0.39 is 12.0 Å². The van der Waals surface area contributed by atoms with E-state index in [1.807, 2.05) is 6.92 Å². The van der Waals surface area contributed by atoms with E-state index in [1.54, 1.807) is 13.0 Å². The summed E-state index contributed by atoms with van der Waals surface area (Å²) in [4.78, 5) is 19.2. The van der Waals surface area contributed by atoms with Gasteiger partial charge in [0.15, 0.2) is 0 Å². The lowest BCUT2D eigenvalue weighted by atomic mass is 10.3. The fourth-order valence-electron chi connectivity index (χ4n) is 1.15. The summed E-state index contributed by atoms with van der Waals surface area (Å²) in [5.74, 6) is 0.508. The topological polar surface area (TPSA) is 87.3 Å². The van der Waals surface area contributed by atoms with Crippen LogP contribution >= 0.6 is 0 Å². The van der Waals surface area contributed by atoms with E-state index in [0.717, 1.165) is 5.69 Å². The Bertz CT molecular complexity index is 361. The van der Waals surface area contributed by atoms with Crippen molar-refractivity contribution in [2.45, 2.75) is 19.9 Å². The molecule has 6 heteroatoms. The van der Waals surface area contributed by atoms with Gasteiger partial charge in [-0.15, -0.1) is 0 Å². The lowest BCUT2D eigenvalue weighted by Crippen LogP contribution is -2.37. The molecule has 0 fully saturated rings. The normalized spacial score (nSPS) is 12.0. The van der Waals surface area contributed by atoms with E-state index >= 15 is 0 Å². The van der Waals surface area contributed by atoms with E-state index in [0.29, 0.717) is 11.7 Å². The van der Waals surface area contributed by atoms with Gasteiger partial charge in [0.05, 0.1) is 7.11 Å². The lowest BCUT2D eigenvalue weighted by molar-refractivity contribution is -0.142. The first-order chi connectivity index (χ1) is 7.52. The third-order valence-corrected chi connectivity index (χ3v) is 1.86. The summed E-state index contributed by atoms with van der Waals surface area (Å²) in [5, 5.41) is 0. The largest absolute Gasteiger partial charge is 0.475 e. The Kier molecular flexibility index (Phi) is 4.19. The summed E-state index contributed by atoms with van der Waals surface area (Å²) in [5.41, 5.74) is 6.31. The standard InChI is InChI=1S/C10H15N3O3/c1-6-4-9(13-7(2)12-6)16-5-8(11)10(14)15-3/h4,8H,5,11H2,1-3H3. The van der Waals surface area contributed by atoms with Crippen LogP contribution in [0.5, 0.6) is 5.88 Å². The summed E-state index contributed by atoms with van der Waals surface area (Å²) in [7, 11) is 1.28. The molecular weight excluding hydrogens is 210 g/mol. The van der Waals surface area contributed by atoms with Gasteiger partial charge in [0.1, 0.15) is 18.5 Å².